The predicted octanol–water partition coefficient (Wildman–Crippen LogP) is 3.03. The number of rotatable bonds is 1. The molecule has 3 rings (SSSR count). The third-order valence-corrected chi connectivity index (χ3v) is 4.70. The number of carbonyl (C=O) groups excluding carboxylic acids is 2. The first-order valence-corrected chi connectivity index (χ1v) is 7.08. The van der Waals surface area contributed by atoms with Gasteiger partial charge in [0.1, 0.15) is 0 Å². The van der Waals surface area contributed by atoms with E-state index < -0.39 is 0 Å². The fourth-order valence-corrected chi connectivity index (χ4v) is 3.78. The maximum absolute atomic E-state index is 12.3. The van der Waals surface area contributed by atoms with Crippen molar-refractivity contribution < 1.29 is 9.59 Å². The Balaban J connectivity index is 2.02. The van der Waals surface area contributed by atoms with E-state index in [1.807, 2.05) is 24.3 Å². The molecule has 0 aromatic heterocycles. The summed E-state index contributed by atoms with van der Waals surface area (Å²) in [4.78, 5) is 24.0. The number of hydrogen-bond donors (Lipinski definition) is 1. The topological polar surface area (TPSA) is 46.2 Å². The van der Waals surface area contributed by atoms with Crippen LogP contribution in [-0.2, 0) is 9.59 Å². The summed E-state index contributed by atoms with van der Waals surface area (Å²) in [5.41, 5.74) is 0.795. The van der Waals surface area contributed by atoms with Crippen LogP contribution < -0.4 is 5.32 Å². The Bertz CT molecular complexity index is 517. The molecule has 1 aromatic carbocycles. The van der Waals surface area contributed by atoms with E-state index in [4.69, 9.17) is 11.6 Å². The minimum atomic E-state index is -0.218. The van der Waals surface area contributed by atoms with Gasteiger partial charge in [-0.15, -0.1) is 0 Å². The molecule has 1 aliphatic heterocycles. The summed E-state index contributed by atoms with van der Waals surface area (Å²) in [5.74, 6) is -0.498. The van der Waals surface area contributed by atoms with Crippen LogP contribution in [0.3, 0.4) is 0 Å². The van der Waals surface area contributed by atoms with Gasteiger partial charge in [-0.1, -0.05) is 36.6 Å². The van der Waals surface area contributed by atoms with Crippen molar-refractivity contribution >= 4 is 23.4 Å². The molecule has 1 heterocycles. The largest absolute Gasteiger partial charge is 0.296 e. The van der Waals surface area contributed by atoms with E-state index in [2.05, 4.69) is 5.32 Å². The number of piperidine rings is 1. The third kappa shape index (κ3) is 2.16. The minimum Gasteiger partial charge on any atom is -0.296 e. The van der Waals surface area contributed by atoms with E-state index in [9.17, 15) is 9.59 Å². The molecule has 1 atom stereocenters. The van der Waals surface area contributed by atoms with Gasteiger partial charge in [-0.05, 0) is 36.0 Å². The monoisotopic (exact) mass is 277 g/mol. The van der Waals surface area contributed by atoms with E-state index in [1.165, 1.54) is 0 Å². The predicted molar refractivity (Wildman–Crippen MR) is 72.9 cm³/mol. The van der Waals surface area contributed by atoms with E-state index in [-0.39, 0.29) is 23.1 Å². The normalized spacial score (nSPS) is 25.6. The van der Waals surface area contributed by atoms with Gasteiger partial charge in [-0.3, -0.25) is 14.9 Å². The highest BCUT2D eigenvalue weighted by atomic mass is 35.5. The Morgan fingerprint density at radius 2 is 1.74 bits per heavy atom. The molecule has 2 amide bonds. The van der Waals surface area contributed by atoms with Gasteiger partial charge in [0.2, 0.25) is 11.8 Å². The van der Waals surface area contributed by atoms with Crippen molar-refractivity contribution in [2.45, 2.75) is 38.0 Å². The van der Waals surface area contributed by atoms with Crippen molar-refractivity contribution in [3.63, 3.8) is 0 Å². The zero-order valence-corrected chi connectivity index (χ0v) is 11.4. The molecule has 0 bridgehead atoms. The van der Waals surface area contributed by atoms with Gasteiger partial charge >= 0.3 is 0 Å². The quantitative estimate of drug-likeness (QED) is 0.802. The molecular weight excluding hydrogens is 262 g/mol. The van der Waals surface area contributed by atoms with Crippen LogP contribution in [0.4, 0.5) is 0 Å². The van der Waals surface area contributed by atoms with E-state index in [1.54, 1.807) is 0 Å². The zero-order chi connectivity index (χ0) is 13.5. The lowest BCUT2D eigenvalue weighted by molar-refractivity contribution is -0.139. The fourth-order valence-electron chi connectivity index (χ4n) is 3.66. The molecule has 1 spiro atoms. The van der Waals surface area contributed by atoms with Gasteiger partial charge in [0.25, 0.3) is 0 Å². The molecule has 1 unspecified atom stereocenters. The van der Waals surface area contributed by atoms with Gasteiger partial charge in [0.15, 0.2) is 0 Å². The maximum atomic E-state index is 12.3. The van der Waals surface area contributed by atoms with Crippen LogP contribution >= 0.6 is 11.6 Å². The number of halogens is 1. The average molecular weight is 278 g/mol. The number of hydrogen-bond acceptors (Lipinski definition) is 2. The van der Waals surface area contributed by atoms with Crippen molar-refractivity contribution in [2.24, 2.45) is 5.41 Å². The van der Waals surface area contributed by atoms with Crippen molar-refractivity contribution in [1.82, 2.24) is 5.32 Å². The Labute approximate surface area is 117 Å². The lowest BCUT2D eigenvalue weighted by atomic mass is 9.66. The molecule has 4 heteroatoms. The summed E-state index contributed by atoms with van der Waals surface area (Å²) in [6, 6.07) is 7.43. The summed E-state index contributed by atoms with van der Waals surface area (Å²) in [5, 5.41) is 3.15. The standard InChI is InChI=1S/C15H16ClNO2/c16-11-5-3-10(4-6-11)13-14(19)17-12(18)9-15(13)7-1-2-8-15/h3-6,13H,1-2,7-9H2,(H,17,18,19). The Kier molecular flexibility index (Phi) is 3.09. The highest BCUT2D eigenvalue weighted by molar-refractivity contribution is 6.30. The van der Waals surface area contributed by atoms with Gasteiger partial charge < -0.3 is 0 Å². The van der Waals surface area contributed by atoms with Crippen molar-refractivity contribution in [2.75, 3.05) is 0 Å². The summed E-state index contributed by atoms with van der Waals surface area (Å²) >= 11 is 5.91. The van der Waals surface area contributed by atoms with E-state index >= 15 is 0 Å². The number of carbonyl (C=O) groups is 2. The molecule has 2 aliphatic rings. The van der Waals surface area contributed by atoms with Crippen molar-refractivity contribution in [1.29, 1.82) is 0 Å². The lowest BCUT2D eigenvalue weighted by Crippen LogP contribution is -2.49. The van der Waals surface area contributed by atoms with Crippen LogP contribution in [0.5, 0.6) is 0 Å². The molecule has 1 saturated carbocycles. The van der Waals surface area contributed by atoms with Crippen LogP contribution in [-0.4, -0.2) is 11.8 Å². The lowest BCUT2D eigenvalue weighted by Gasteiger charge is -2.40. The second-order valence-electron chi connectivity index (χ2n) is 5.64. The number of nitrogens with one attached hydrogen (secondary N) is 1. The summed E-state index contributed by atoms with van der Waals surface area (Å²) in [6.45, 7) is 0. The first kappa shape index (κ1) is 12.7. The summed E-state index contributed by atoms with van der Waals surface area (Å²) < 4.78 is 0. The van der Waals surface area contributed by atoms with Crippen LogP contribution in [0.15, 0.2) is 24.3 Å². The molecule has 1 aromatic rings. The van der Waals surface area contributed by atoms with Crippen LogP contribution in [0.2, 0.25) is 5.02 Å². The van der Waals surface area contributed by atoms with Gasteiger partial charge in [0, 0.05) is 11.4 Å². The molecule has 1 N–H and O–H groups in total. The van der Waals surface area contributed by atoms with Crippen LogP contribution in [0.1, 0.15) is 43.6 Å². The first-order valence-electron chi connectivity index (χ1n) is 6.70. The van der Waals surface area contributed by atoms with Crippen LogP contribution in [0.25, 0.3) is 0 Å². The molecule has 3 nitrogen and oxygen atoms in total. The Morgan fingerprint density at radius 1 is 1.11 bits per heavy atom. The number of amides is 2. The summed E-state index contributed by atoms with van der Waals surface area (Å²) in [6.07, 6.45) is 4.58. The number of benzene rings is 1. The molecule has 19 heavy (non-hydrogen) atoms. The molecular formula is C15H16ClNO2. The number of imide groups is 1. The first-order chi connectivity index (χ1) is 9.11. The molecule has 100 valence electrons. The average Bonchev–Trinajstić information content (AvgIpc) is 2.79. The zero-order valence-electron chi connectivity index (χ0n) is 10.6. The second kappa shape index (κ2) is 4.64. The summed E-state index contributed by atoms with van der Waals surface area (Å²) in [7, 11) is 0. The van der Waals surface area contributed by atoms with Gasteiger partial charge in [-0.2, -0.15) is 0 Å². The third-order valence-electron chi connectivity index (χ3n) is 4.45. The highest BCUT2D eigenvalue weighted by Gasteiger charge is 2.50. The molecule has 1 saturated heterocycles. The Hall–Kier alpha value is -1.35. The van der Waals surface area contributed by atoms with Gasteiger partial charge in [-0.25, -0.2) is 0 Å². The SMILES string of the molecule is O=C1CC2(CCCC2)C(c2ccc(Cl)cc2)C(=O)N1. The molecule has 2 fully saturated rings. The van der Waals surface area contributed by atoms with Gasteiger partial charge in [0.05, 0.1) is 5.92 Å². The van der Waals surface area contributed by atoms with Crippen LogP contribution in [0, 0.1) is 5.41 Å². The molecule has 1 aliphatic carbocycles. The van der Waals surface area contributed by atoms with Crippen molar-refractivity contribution in [3.8, 4) is 0 Å². The van der Waals surface area contributed by atoms with E-state index in [0.29, 0.717) is 11.4 Å². The van der Waals surface area contributed by atoms with Crippen molar-refractivity contribution in [3.05, 3.63) is 34.9 Å². The Morgan fingerprint density at radius 3 is 2.37 bits per heavy atom. The highest BCUT2D eigenvalue weighted by Crippen LogP contribution is 2.53. The second-order valence-corrected chi connectivity index (χ2v) is 6.08. The van der Waals surface area contributed by atoms with E-state index in [0.717, 1.165) is 31.2 Å². The minimum absolute atomic E-state index is 0.128. The maximum Gasteiger partial charge on any atom is 0.234 e. The molecule has 0 radical (unpaired) electrons. The smallest absolute Gasteiger partial charge is 0.234 e. The fraction of sp³-hybridized carbons (Fsp3) is 0.467.